The summed E-state index contributed by atoms with van der Waals surface area (Å²) in [6, 6.07) is 0. The number of nitrogens with one attached hydrogen (secondary N) is 1. The molecule has 0 spiro atoms. The quantitative estimate of drug-likeness (QED) is 0.575. The normalized spacial score (nSPS) is 16.1. The predicted molar refractivity (Wildman–Crippen MR) is 122 cm³/mol. The van der Waals surface area contributed by atoms with E-state index in [0.29, 0.717) is 40.4 Å². The van der Waals surface area contributed by atoms with Crippen LogP contribution in [0.25, 0.3) is 10.2 Å². The van der Waals surface area contributed by atoms with Crippen molar-refractivity contribution in [3.8, 4) is 0 Å². The van der Waals surface area contributed by atoms with E-state index in [4.69, 9.17) is 9.72 Å². The molecule has 3 heterocycles. The van der Waals surface area contributed by atoms with Gasteiger partial charge in [0.25, 0.3) is 5.56 Å². The van der Waals surface area contributed by atoms with Gasteiger partial charge in [0.1, 0.15) is 28.8 Å². The number of carbonyl (C=O) groups is 1. The fourth-order valence-corrected chi connectivity index (χ4v) is 5.94. The van der Waals surface area contributed by atoms with Crippen LogP contribution in [0.3, 0.4) is 0 Å². The number of aryl methyl sites for hydroxylation is 1. The van der Waals surface area contributed by atoms with Gasteiger partial charge < -0.3 is 9.64 Å². The van der Waals surface area contributed by atoms with Crippen LogP contribution in [0.2, 0.25) is 0 Å². The maximum atomic E-state index is 13.5. The molecule has 0 aliphatic heterocycles. The monoisotopic (exact) mass is 462 g/mol. The summed E-state index contributed by atoms with van der Waals surface area (Å²) in [6.07, 6.45) is 2.94. The Bertz CT molecular complexity index is 1170. The Morgan fingerprint density at radius 3 is 2.87 bits per heavy atom. The molecular formula is C20H26N6O3S2. The Hall–Kier alpha value is -2.21. The number of amides is 1. The second kappa shape index (κ2) is 9.11. The van der Waals surface area contributed by atoms with Crippen molar-refractivity contribution >= 4 is 43.9 Å². The molecular weight excluding hydrogens is 436 g/mol. The molecule has 1 amide bonds. The minimum atomic E-state index is -0.332. The molecule has 3 aromatic heterocycles. The molecule has 1 aliphatic carbocycles. The molecule has 4 rings (SSSR count). The van der Waals surface area contributed by atoms with Crippen LogP contribution in [0.5, 0.6) is 0 Å². The molecule has 0 saturated carbocycles. The van der Waals surface area contributed by atoms with Gasteiger partial charge in [-0.15, -0.1) is 21.5 Å². The molecule has 1 atom stereocenters. The van der Waals surface area contributed by atoms with Gasteiger partial charge in [-0.05, 0) is 44.8 Å². The molecule has 11 heteroatoms. The van der Waals surface area contributed by atoms with Gasteiger partial charge in [-0.2, -0.15) is 0 Å². The van der Waals surface area contributed by atoms with Crippen LogP contribution in [0.4, 0.5) is 5.13 Å². The molecule has 0 bridgehead atoms. The highest BCUT2D eigenvalue weighted by molar-refractivity contribution is 7.18. The average Bonchev–Trinajstić information content (AvgIpc) is 3.28. The number of hydrogen-bond acceptors (Lipinski definition) is 9. The zero-order valence-corrected chi connectivity index (χ0v) is 19.7. The number of carbonyl (C=O) groups excluding carboxylic acids is 1. The van der Waals surface area contributed by atoms with Gasteiger partial charge in [-0.3, -0.25) is 19.5 Å². The largest absolute Gasteiger partial charge is 0.377 e. The molecule has 1 aliphatic rings. The average molecular weight is 463 g/mol. The number of ether oxygens (including phenoxy) is 1. The highest BCUT2D eigenvalue weighted by atomic mass is 32.1. The predicted octanol–water partition coefficient (Wildman–Crippen LogP) is 2.28. The van der Waals surface area contributed by atoms with E-state index < -0.39 is 0 Å². The van der Waals surface area contributed by atoms with Gasteiger partial charge in [-0.25, -0.2) is 4.98 Å². The molecule has 0 radical (unpaired) electrons. The van der Waals surface area contributed by atoms with Crippen molar-refractivity contribution in [3.05, 3.63) is 31.6 Å². The summed E-state index contributed by atoms with van der Waals surface area (Å²) in [6.45, 7) is 2.92. The van der Waals surface area contributed by atoms with Gasteiger partial charge in [0, 0.05) is 12.0 Å². The number of thiophene rings is 1. The number of nitrogens with zero attached hydrogens (tertiary/aromatic N) is 5. The van der Waals surface area contributed by atoms with Gasteiger partial charge in [0.2, 0.25) is 11.0 Å². The first-order chi connectivity index (χ1) is 14.9. The molecule has 3 aromatic rings. The molecule has 31 heavy (non-hydrogen) atoms. The second-order valence-corrected chi connectivity index (χ2v) is 10.3. The summed E-state index contributed by atoms with van der Waals surface area (Å²) in [7, 11) is 5.41. The summed E-state index contributed by atoms with van der Waals surface area (Å²) in [5, 5.41) is 12.4. The van der Waals surface area contributed by atoms with Gasteiger partial charge in [0.15, 0.2) is 0 Å². The zero-order valence-electron chi connectivity index (χ0n) is 18.1. The lowest BCUT2D eigenvalue weighted by Crippen LogP contribution is -2.33. The fourth-order valence-electron chi connectivity index (χ4n) is 3.82. The van der Waals surface area contributed by atoms with Gasteiger partial charge >= 0.3 is 0 Å². The van der Waals surface area contributed by atoms with E-state index in [1.54, 1.807) is 18.4 Å². The van der Waals surface area contributed by atoms with Crippen LogP contribution in [0.15, 0.2) is 4.79 Å². The van der Waals surface area contributed by atoms with E-state index in [0.717, 1.165) is 29.7 Å². The Morgan fingerprint density at radius 2 is 2.13 bits per heavy atom. The Kier molecular flexibility index (Phi) is 6.47. The van der Waals surface area contributed by atoms with Crippen LogP contribution >= 0.6 is 22.7 Å². The summed E-state index contributed by atoms with van der Waals surface area (Å²) < 4.78 is 6.53. The number of methoxy groups -OCH3 is 1. The highest BCUT2D eigenvalue weighted by Crippen LogP contribution is 2.35. The maximum Gasteiger partial charge on any atom is 0.263 e. The van der Waals surface area contributed by atoms with Crippen LogP contribution < -0.4 is 10.9 Å². The molecule has 0 fully saturated rings. The van der Waals surface area contributed by atoms with E-state index >= 15 is 0 Å². The van der Waals surface area contributed by atoms with Crippen molar-refractivity contribution in [2.75, 3.05) is 26.5 Å². The summed E-state index contributed by atoms with van der Waals surface area (Å²) in [5.41, 5.74) is 0.982. The lowest BCUT2D eigenvalue weighted by atomic mass is 9.89. The first kappa shape index (κ1) is 22.0. The minimum Gasteiger partial charge on any atom is -0.377 e. The second-order valence-electron chi connectivity index (χ2n) is 8.17. The Morgan fingerprint density at radius 1 is 1.32 bits per heavy atom. The van der Waals surface area contributed by atoms with Crippen LogP contribution in [-0.4, -0.2) is 51.8 Å². The van der Waals surface area contributed by atoms with E-state index in [1.165, 1.54) is 20.8 Å². The van der Waals surface area contributed by atoms with Crippen molar-refractivity contribution in [2.45, 2.75) is 45.9 Å². The Labute approximate surface area is 188 Å². The number of hydrogen-bond donors (Lipinski definition) is 1. The van der Waals surface area contributed by atoms with Crippen LogP contribution in [0, 0.1) is 5.92 Å². The lowest BCUT2D eigenvalue weighted by Gasteiger charge is -2.18. The zero-order chi connectivity index (χ0) is 22.1. The van der Waals surface area contributed by atoms with Crippen molar-refractivity contribution < 1.29 is 9.53 Å². The number of fused-ring (bicyclic) bond motifs is 3. The third-order valence-electron chi connectivity index (χ3n) is 5.23. The molecule has 166 valence electrons. The number of anilines is 1. The van der Waals surface area contributed by atoms with Crippen molar-refractivity contribution in [2.24, 2.45) is 5.92 Å². The van der Waals surface area contributed by atoms with E-state index in [-0.39, 0.29) is 18.0 Å². The molecule has 0 saturated heterocycles. The molecule has 0 aromatic carbocycles. The van der Waals surface area contributed by atoms with Gasteiger partial charge in [-0.1, -0.05) is 18.3 Å². The number of rotatable bonds is 7. The van der Waals surface area contributed by atoms with Crippen LogP contribution in [0.1, 0.15) is 34.6 Å². The summed E-state index contributed by atoms with van der Waals surface area (Å²) in [5.74, 6) is 0.868. The molecule has 9 nitrogen and oxygen atoms in total. The topological polar surface area (TPSA) is 102 Å². The highest BCUT2D eigenvalue weighted by Gasteiger charge is 2.25. The standard InChI is InChI=1S/C20H26N6O3S2/c1-11-5-6-12-13(7-11)30-18-17(12)19(28)26(14(21-18)8-25(2)3)9-15(27)22-20-24-23-16(31-20)10-29-4/h11H,5-10H2,1-4H3,(H,22,24,27). The first-order valence-corrected chi connectivity index (χ1v) is 11.8. The van der Waals surface area contributed by atoms with Crippen LogP contribution in [-0.2, 0) is 42.1 Å². The SMILES string of the molecule is COCc1nnc(NC(=O)Cn2c(CN(C)C)nc3sc4c(c3c2=O)CCC(C)C4)s1. The van der Waals surface area contributed by atoms with E-state index in [9.17, 15) is 9.59 Å². The van der Waals surface area contributed by atoms with E-state index in [2.05, 4.69) is 22.4 Å². The molecule has 1 N–H and O–H groups in total. The number of aromatic nitrogens is 4. The fraction of sp³-hybridized carbons (Fsp3) is 0.550. The minimum absolute atomic E-state index is 0.120. The van der Waals surface area contributed by atoms with Crippen molar-refractivity contribution in [1.82, 2.24) is 24.6 Å². The van der Waals surface area contributed by atoms with Crippen molar-refractivity contribution in [1.29, 1.82) is 0 Å². The third kappa shape index (κ3) is 4.69. The van der Waals surface area contributed by atoms with Gasteiger partial charge in [0.05, 0.1) is 11.9 Å². The van der Waals surface area contributed by atoms with Crippen molar-refractivity contribution in [3.63, 3.8) is 0 Å². The summed E-state index contributed by atoms with van der Waals surface area (Å²) in [4.78, 5) is 35.1. The maximum absolute atomic E-state index is 13.5. The smallest absolute Gasteiger partial charge is 0.263 e. The first-order valence-electron chi connectivity index (χ1n) is 10.2. The summed E-state index contributed by atoms with van der Waals surface area (Å²) >= 11 is 2.87. The lowest BCUT2D eigenvalue weighted by molar-refractivity contribution is -0.116. The molecule has 1 unspecified atom stereocenters. The Balaban J connectivity index is 1.68. The van der Waals surface area contributed by atoms with E-state index in [1.807, 2.05) is 19.0 Å². The third-order valence-corrected chi connectivity index (χ3v) is 7.20.